The third kappa shape index (κ3) is 7.07. The van der Waals surface area contributed by atoms with Crippen LogP contribution in [0.5, 0.6) is 5.75 Å². The lowest BCUT2D eigenvalue weighted by molar-refractivity contribution is -0.153. The molecule has 0 aliphatic heterocycles. The van der Waals surface area contributed by atoms with Crippen LogP contribution in [0.2, 0.25) is 0 Å². The van der Waals surface area contributed by atoms with Crippen molar-refractivity contribution in [3.63, 3.8) is 0 Å². The Balaban J connectivity index is 2.15. The second-order valence-corrected chi connectivity index (χ2v) is 7.26. The van der Waals surface area contributed by atoms with Gasteiger partial charge >= 0.3 is 6.18 Å². The molecule has 6 nitrogen and oxygen atoms in total. The molecule has 0 saturated heterocycles. The number of carbonyl (C=O) groups is 2. The summed E-state index contributed by atoms with van der Waals surface area (Å²) in [6.45, 7) is 2.44. The quantitative estimate of drug-likeness (QED) is 0.681. The molecule has 0 bridgehead atoms. The molecule has 2 rings (SSSR count). The van der Waals surface area contributed by atoms with E-state index in [1.807, 2.05) is 13.8 Å². The minimum absolute atomic E-state index is 0.0188. The number of nitrogens with one attached hydrogen (secondary N) is 1. The van der Waals surface area contributed by atoms with E-state index in [1.54, 1.807) is 0 Å². The molecule has 0 radical (unpaired) electrons. The van der Waals surface area contributed by atoms with Gasteiger partial charge in [0.1, 0.15) is 11.4 Å². The van der Waals surface area contributed by atoms with E-state index in [0.717, 1.165) is 12.8 Å². The number of amides is 2. The number of ether oxygens (including phenoxy) is 1. The number of nitrogens with two attached hydrogens (primary N) is 1. The first-order valence-electron chi connectivity index (χ1n) is 8.83. The van der Waals surface area contributed by atoms with E-state index in [9.17, 15) is 22.8 Å². The second-order valence-electron chi connectivity index (χ2n) is 7.26. The molecule has 2 amide bonds. The zero-order chi connectivity index (χ0) is 20.2. The Kier molecular flexibility index (Phi) is 6.67. The number of aromatic nitrogens is 1. The summed E-state index contributed by atoms with van der Waals surface area (Å²) in [7, 11) is 0. The van der Waals surface area contributed by atoms with Crippen molar-refractivity contribution >= 4 is 11.8 Å². The van der Waals surface area contributed by atoms with Crippen LogP contribution in [0.15, 0.2) is 12.3 Å². The van der Waals surface area contributed by atoms with Gasteiger partial charge in [0.05, 0.1) is 0 Å². The first-order chi connectivity index (χ1) is 12.5. The van der Waals surface area contributed by atoms with Crippen LogP contribution in [0.1, 0.15) is 61.5 Å². The van der Waals surface area contributed by atoms with Crippen molar-refractivity contribution in [3.8, 4) is 5.75 Å². The van der Waals surface area contributed by atoms with Crippen molar-refractivity contribution in [2.24, 2.45) is 11.7 Å². The third-order valence-electron chi connectivity index (χ3n) is 4.07. The van der Waals surface area contributed by atoms with Gasteiger partial charge in [-0.05, 0) is 31.1 Å². The summed E-state index contributed by atoms with van der Waals surface area (Å²) in [5, 5.41) is 2.68. The van der Waals surface area contributed by atoms with Gasteiger partial charge in [0.25, 0.3) is 5.91 Å². The van der Waals surface area contributed by atoms with Crippen LogP contribution in [0.4, 0.5) is 13.2 Å². The Hall–Kier alpha value is -2.32. The average Bonchev–Trinajstić information content (AvgIpc) is 3.35. The van der Waals surface area contributed by atoms with E-state index in [2.05, 4.69) is 10.3 Å². The maximum Gasteiger partial charge on any atom is 0.422 e. The summed E-state index contributed by atoms with van der Waals surface area (Å²) in [6.07, 6.45) is -0.872. The van der Waals surface area contributed by atoms with Gasteiger partial charge in [0.15, 0.2) is 6.61 Å². The first-order valence-corrected chi connectivity index (χ1v) is 8.83. The number of alkyl halides is 3. The van der Waals surface area contributed by atoms with E-state index in [0.29, 0.717) is 12.0 Å². The summed E-state index contributed by atoms with van der Waals surface area (Å²) in [5.41, 5.74) is 5.73. The highest BCUT2D eigenvalue weighted by Crippen LogP contribution is 2.44. The SMILES string of the molecule is CC(C)C[C@H](CC(N)=O)NC(=O)c1cc(OCC(F)(F)F)c(C2CC2)cn1. The summed E-state index contributed by atoms with van der Waals surface area (Å²) in [4.78, 5) is 27.7. The monoisotopic (exact) mass is 387 g/mol. The number of hydrogen-bond donors (Lipinski definition) is 2. The highest BCUT2D eigenvalue weighted by atomic mass is 19.4. The number of pyridine rings is 1. The van der Waals surface area contributed by atoms with Crippen molar-refractivity contribution in [2.75, 3.05) is 6.61 Å². The normalized spacial score (nSPS) is 15.5. The molecule has 1 aromatic heterocycles. The predicted molar refractivity (Wildman–Crippen MR) is 92.3 cm³/mol. The fourth-order valence-corrected chi connectivity index (χ4v) is 2.82. The number of nitrogens with zero attached hydrogens (tertiary/aromatic N) is 1. The fraction of sp³-hybridized carbons (Fsp3) is 0.611. The van der Waals surface area contributed by atoms with E-state index in [-0.39, 0.29) is 29.7 Å². The van der Waals surface area contributed by atoms with Gasteiger partial charge in [-0.25, -0.2) is 0 Å². The van der Waals surface area contributed by atoms with Gasteiger partial charge in [0, 0.05) is 30.3 Å². The van der Waals surface area contributed by atoms with Crippen molar-refractivity contribution in [1.82, 2.24) is 10.3 Å². The molecule has 0 unspecified atom stereocenters. The second kappa shape index (κ2) is 8.58. The molecule has 9 heteroatoms. The molecule has 1 aromatic rings. The number of hydrogen-bond acceptors (Lipinski definition) is 4. The highest BCUT2D eigenvalue weighted by molar-refractivity contribution is 5.93. The van der Waals surface area contributed by atoms with Gasteiger partial charge in [-0.3, -0.25) is 14.6 Å². The van der Waals surface area contributed by atoms with E-state index in [1.165, 1.54) is 12.3 Å². The van der Waals surface area contributed by atoms with Gasteiger partial charge in [-0.15, -0.1) is 0 Å². The average molecular weight is 387 g/mol. The largest absolute Gasteiger partial charge is 0.484 e. The minimum Gasteiger partial charge on any atom is -0.484 e. The van der Waals surface area contributed by atoms with Crippen molar-refractivity contribution in [1.29, 1.82) is 0 Å². The number of rotatable bonds is 9. The molecule has 27 heavy (non-hydrogen) atoms. The van der Waals surface area contributed by atoms with Crippen LogP contribution < -0.4 is 15.8 Å². The zero-order valence-electron chi connectivity index (χ0n) is 15.3. The maximum absolute atomic E-state index is 12.5. The van der Waals surface area contributed by atoms with Crippen LogP contribution in [0.25, 0.3) is 0 Å². The van der Waals surface area contributed by atoms with Crippen molar-refractivity contribution in [3.05, 3.63) is 23.5 Å². The lowest BCUT2D eigenvalue weighted by atomic mass is 10.0. The molecule has 1 heterocycles. The Morgan fingerprint density at radius 2 is 2.04 bits per heavy atom. The van der Waals surface area contributed by atoms with E-state index >= 15 is 0 Å². The van der Waals surface area contributed by atoms with Gasteiger partial charge in [-0.2, -0.15) is 13.2 Å². The maximum atomic E-state index is 12.5. The van der Waals surface area contributed by atoms with Crippen molar-refractivity contribution < 1.29 is 27.5 Å². The van der Waals surface area contributed by atoms with Gasteiger partial charge in [0.2, 0.25) is 5.91 Å². The number of halogens is 3. The predicted octanol–water partition coefficient (Wildman–Crippen LogP) is 2.92. The van der Waals surface area contributed by atoms with Crippen LogP contribution in [-0.2, 0) is 4.79 Å². The van der Waals surface area contributed by atoms with Gasteiger partial charge < -0.3 is 15.8 Å². The summed E-state index contributed by atoms with van der Waals surface area (Å²) in [5.74, 6) is -0.787. The van der Waals surface area contributed by atoms with Crippen LogP contribution >= 0.6 is 0 Å². The number of carbonyl (C=O) groups excluding carboxylic acids is 2. The Bertz CT molecular complexity index is 688. The lowest BCUT2D eigenvalue weighted by Gasteiger charge is -2.19. The molecule has 3 N–H and O–H groups in total. The van der Waals surface area contributed by atoms with Crippen LogP contribution in [0, 0.1) is 5.92 Å². The summed E-state index contributed by atoms with van der Waals surface area (Å²) in [6, 6.07) is 0.755. The third-order valence-corrected chi connectivity index (χ3v) is 4.07. The molecular formula is C18H24F3N3O3. The first kappa shape index (κ1) is 21.0. The van der Waals surface area contributed by atoms with Crippen LogP contribution in [0.3, 0.4) is 0 Å². The molecule has 1 fully saturated rings. The smallest absolute Gasteiger partial charge is 0.422 e. The molecular weight excluding hydrogens is 363 g/mol. The summed E-state index contributed by atoms with van der Waals surface area (Å²) >= 11 is 0. The van der Waals surface area contributed by atoms with Gasteiger partial charge in [-0.1, -0.05) is 13.8 Å². The zero-order valence-corrected chi connectivity index (χ0v) is 15.3. The molecule has 0 aromatic carbocycles. The molecule has 150 valence electrons. The number of primary amides is 1. The van der Waals surface area contributed by atoms with Crippen LogP contribution in [-0.4, -0.2) is 35.6 Å². The Labute approximate surface area is 155 Å². The van der Waals surface area contributed by atoms with E-state index in [4.69, 9.17) is 10.5 Å². The highest BCUT2D eigenvalue weighted by Gasteiger charge is 2.32. The standard InChI is InChI=1S/C18H24F3N3O3/c1-10(2)5-12(6-16(22)25)24-17(26)14-7-15(27-9-18(19,20)21)13(8-23-14)11-3-4-11/h7-8,10-12H,3-6,9H2,1-2H3,(H2,22,25)(H,24,26)/t12-/m1/s1. The topological polar surface area (TPSA) is 94.3 Å². The molecule has 0 spiro atoms. The van der Waals surface area contributed by atoms with Crippen molar-refractivity contribution in [2.45, 2.75) is 57.7 Å². The minimum atomic E-state index is -4.48. The Morgan fingerprint density at radius 1 is 1.37 bits per heavy atom. The Morgan fingerprint density at radius 3 is 2.56 bits per heavy atom. The molecule has 1 saturated carbocycles. The fourth-order valence-electron chi connectivity index (χ4n) is 2.82. The molecule has 1 atom stereocenters. The summed E-state index contributed by atoms with van der Waals surface area (Å²) < 4.78 is 42.4. The van der Waals surface area contributed by atoms with E-state index < -0.39 is 30.6 Å². The molecule has 1 aliphatic carbocycles. The molecule has 1 aliphatic rings. The lowest BCUT2D eigenvalue weighted by Crippen LogP contribution is -2.39.